The number of likely N-dealkylation sites (tertiary alicyclic amines) is 1. The normalized spacial score (nSPS) is 15.3. The van der Waals surface area contributed by atoms with E-state index < -0.39 is 11.8 Å². The molecule has 1 fully saturated rings. The van der Waals surface area contributed by atoms with E-state index in [9.17, 15) is 9.59 Å². The van der Waals surface area contributed by atoms with Crippen molar-refractivity contribution in [3.63, 3.8) is 0 Å². The van der Waals surface area contributed by atoms with E-state index in [0.29, 0.717) is 18.1 Å². The lowest BCUT2D eigenvalue weighted by atomic mass is 10.1. The Bertz CT molecular complexity index is 525. The molecular weight excluding hydrogens is 278 g/mol. The van der Waals surface area contributed by atoms with Crippen molar-refractivity contribution < 1.29 is 9.59 Å². The number of hydrogen-bond acceptors (Lipinski definition) is 3. The van der Waals surface area contributed by atoms with Crippen LogP contribution in [-0.4, -0.2) is 36.0 Å². The topological polar surface area (TPSA) is 61.8 Å². The van der Waals surface area contributed by atoms with Gasteiger partial charge in [0, 0.05) is 18.1 Å². The fourth-order valence-corrected chi connectivity index (χ4v) is 2.24. The molecule has 0 aromatic heterocycles. The molecule has 0 aliphatic carbocycles. The maximum Gasteiger partial charge on any atom is 0.329 e. The third-order valence-electron chi connectivity index (χ3n) is 3.07. The van der Waals surface area contributed by atoms with Crippen LogP contribution in [0, 0.1) is 0 Å². The van der Waals surface area contributed by atoms with Crippen LogP contribution in [0.3, 0.4) is 0 Å². The molecule has 0 saturated carbocycles. The first-order valence-electron chi connectivity index (χ1n) is 6.55. The molecule has 1 aromatic carbocycles. The number of benzene rings is 1. The van der Waals surface area contributed by atoms with Crippen molar-refractivity contribution in [2.45, 2.75) is 19.3 Å². The van der Waals surface area contributed by atoms with Crippen molar-refractivity contribution in [2.75, 3.05) is 13.1 Å². The minimum atomic E-state index is -0.704. The van der Waals surface area contributed by atoms with E-state index in [0.717, 1.165) is 24.8 Å². The van der Waals surface area contributed by atoms with Crippen molar-refractivity contribution in [3.8, 4) is 0 Å². The second kappa shape index (κ2) is 7.05. The van der Waals surface area contributed by atoms with Crippen molar-refractivity contribution >= 4 is 29.6 Å². The Hall–Kier alpha value is -1.88. The first-order chi connectivity index (χ1) is 9.66. The van der Waals surface area contributed by atoms with E-state index in [4.69, 9.17) is 11.6 Å². The number of carbonyl (C=O) groups excluding carboxylic acids is 2. The number of halogens is 1. The highest BCUT2D eigenvalue weighted by molar-refractivity contribution is 6.35. The zero-order valence-electron chi connectivity index (χ0n) is 11.0. The molecule has 1 heterocycles. The van der Waals surface area contributed by atoms with Gasteiger partial charge in [-0.05, 0) is 37.0 Å². The Morgan fingerprint density at radius 1 is 1.25 bits per heavy atom. The number of nitrogens with one attached hydrogen (secondary N) is 1. The van der Waals surface area contributed by atoms with Gasteiger partial charge in [-0.25, -0.2) is 5.43 Å². The molecule has 2 amide bonds. The summed E-state index contributed by atoms with van der Waals surface area (Å²) < 4.78 is 0. The SMILES string of the molecule is O=C(N/N=C/c1cccc(Cl)c1)C(=O)N1CCCCC1. The smallest absolute Gasteiger partial charge is 0.329 e. The molecule has 1 aromatic rings. The van der Waals surface area contributed by atoms with Gasteiger partial charge < -0.3 is 4.90 Å². The van der Waals surface area contributed by atoms with Gasteiger partial charge in [-0.3, -0.25) is 9.59 Å². The van der Waals surface area contributed by atoms with Crippen LogP contribution >= 0.6 is 11.6 Å². The molecule has 20 heavy (non-hydrogen) atoms. The molecule has 106 valence electrons. The van der Waals surface area contributed by atoms with E-state index in [-0.39, 0.29) is 0 Å². The summed E-state index contributed by atoms with van der Waals surface area (Å²) in [7, 11) is 0. The third-order valence-corrected chi connectivity index (χ3v) is 3.30. The highest BCUT2D eigenvalue weighted by Gasteiger charge is 2.22. The van der Waals surface area contributed by atoms with Crippen LogP contribution in [-0.2, 0) is 9.59 Å². The zero-order chi connectivity index (χ0) is 14.4. The number of hydrogen-bond donors (Lipinski definition) is 1. The highest BCUT2D eigenvalue weighted by Crippen LogP contribution is 2.09. The van der Waals surface area contributed by atoms with Gasteiger partial charge in [-0.2, -0.15) is 5.10 Å². The molecule has 0 radical (unpaired) electrons. The monoisotopic (exact) mass is 293 g/mol. The summed E-state index contributed by atoms with van der Waals surface area (Å²) in [6.45, 7) is 1.29. The van der Waals surface area contributed by atoms with Crippen molar-refractivity contribution in [1.82, 2.24) is 10.3 Å². The molecule has 5 nitrogen and oxygen atoms in total. The maximum atomic E-state index is 11.8. The van der Waals surface area contributed by atoms with Crippen LogP contribution in [0.5, 0.6) is 0 Å². The number of nitrogens with zero attached hydrogens (tertiary/aromatic N) is 2. The van der Waals surface area contributed by atoms with Crippen molar-refractivity contribution in [2.24, 2.45) is 5.10 Å². The van der Waals surface area contributed by atoms with Crippen LogP contribution in [0.15, 0.2) is 29.4 Å². The van der Waals surface area contributed by atoms with Gasteiger partial charge in [0.25, 0.3) is 0 Å². The maximum absolute atomic E-state index is 11.8. The number of amides is 2. The second-order valence-corrected chi connectivity index (χ2v) is 5.04. The van der Waals surface area contributed by atoms with Crippen molar-refractivity contribution in [1.29, 1.82) is 0 Å². The quantitative estimate of drug-likeness (QED) is 0.513. The van der Waals surface area contributed by atoms with Gasteiger partial charge in [0.1, 0.15) is 0 Å². The molecule has 0 spiro atoms. The summed E-state index contributed by atoms with van der Waals surface area (Å²) in [5.74, 6) is -1.22. The molecule has 1 aliphatic rings. The Morgan fingerprint density at radius 3 is 2.70 bits per heavy atom. The molecule has 2 rings (SSSR count). The summed E-state index contributed by atoms with van der Waals surface area (Å²) in [6.07, 6.45) is 4.46. The van der Waals surface area contributed by atoms with Crippen LogP contribution in [0.25, 0.3) is 0 Å². The number of carbonyl (C=O) groups is 2. The summed E-state index contributed by atoms with van der Waals surface area (Å²) in [5, 5.41) is 4.36. The summed E-state index contributed by atoms with van der Waals surface area (Å²) in [4.78, 5) is 25.0. The highest BCUT2D eigenvalue weighted by atomic mass is 35.5. The van der Waals surface area contributed by atoms with E-state index in [2.05, 4.69) is 10.5 Å². The lowest BCUT2D eigenvalue weighted by Gasteiger charge is -2.25. The lowest BCUT2D eigenvalue weighted by Crippen LogP contribution is -2.43. The average Bonchev–Trinajstić information content (AvgIpc) is 2.47. The Morgan fingerprint density at radius 2 is 2.00 bits per heavy atom. The molecular formula is C14H16ClN3O2. The molecule has 0 unspecified atom stereocenters. The molecule has 6 heteroatoms. The second-order valence-electron chi connectivity index (χ2n) is 4.61. The van der Waals surface area contributed by atoms with Gasteiger partial charge in [0.2, 0.25) is 0 Å². The van der Waals surface area contributed by atoms with Crippen LogP contribution in [0.4, 0.5) is 0 Å². The lowest BCUT2D eigenvalue weighted by molar-refractivity contribution is -0.146. The zero-order valence-corrected chi connectivity index (χ0v) is 11.8. The Balaban J connectivity index is 1.86. The summed E-state index contributed by atoms with van der Waals surface area (Å²) in [6, 6.07) is 7.04. The minimum Gasteiger partial charge on any atom is -0.334 e. The average molecular weight is 294 g/mol. The van der Waals surface area contributed by atoms with E-state index >= 15 is 0 Å². The van der Waals surface area contributed by atoms with E-state index in [1.807, 2.05) is 0 Å². The standard InChI is InChI=1S/C14H16ClN3O2/c15-12-6-4-5-11(9-12)10-16-17-13(19)14(20)18-7-2-1-3-8-18/h4-6,9-10H,1-3,7-8H2,(H,17,19)/b16-10+. The van der Waals surface area contributed by atoms with Gasteiger partial charge in [-0.1, -0.05) is 23.7 Å². The number of piperidine rings is 1. The number of rotatable bonds is 2. The molecule has 1 N–H and O–H groups in total. The fraction of sp³-hybridized carbons (Fsp3) is 0.357. The molecule has 0 atom stereocenters. The van der Waals surface area contributed by atoms with Gasteiger partial charge in [0.05, 0.1) is 6.21 Å². The fourth-order valence-electron chi connectivity index (χ4n) is 2.04. The molecule has 1 saturated heterocycles. The summed E-state index contributed by atoms with van der Waals surface area (Å²) in [5.41, 5.74) is 3.00. The predicted octanol–water partition coefficient (Wildman–Crippen LogP) is 1.80. The van der Waals surface area contributed by atoms with Crippen LogP contribution in [0.1, 0.15) is 24.8 Å². The van der Waals surface area contributed by atoms with Gasteiger partial charge in [-0.15, -0.1) is 0 Å². The Labute approximate surface area is 122 Å². The number of hydrazone groups is 1. The van der Waals surface area contributed by atoms with Crippen LogP contribution in [0.2, 0.25) is 5.02 Å². The first kappa shape index (κ1) is 14.5. The Kier molecular flexibility index (Phi) is 5.12. The van der Waals surface area contributed by atoms with E-state index in [1.54, 1.807) is 29.2 Å². The third kappa shape index (κ3) is 4.06. The minimum absolute atomic E-state index is 0.520. The molecule has 1 aliphatic heterocycles. The molecule has 0 bridgehead atoms. The predicted molar refractivity (Wildman–Crippen MR) is 77.6 cm³/mol. The van der Waals surface area contributed by atoms with Gasteiger partial charge in [0.15, 0.2) is 0 Å². The van der Waals surface area contributed by atoms with E-state index in [1.165, 1.54) is 6.21 Å². The summed E-state index contributed by atoms with van der Waals surface area (Å²) >= 11 is 5.83. The van der Waals surface area contributed by atoms with Crippen molar-refractivity contribution in [3.05, 3.63) is 34.9 Å². The first-order valence-corrected chi connectivity index (χ1v) is 6.92. The largest absolute Gasteiger partial charge is 0.334 e. The van der Waals surface area contributed by atoms with Gasteiger partial charge >= 0.3 is 11.8 Å². The van der Waals surface area contributed by atoms with Crippen LogP contribution < -0.4 is 5.43 Å².